The number of hydrogen-bond donors (Lipinski definition) is 0. The first kappa shape index (κ1) is 27.4. The summed E-state index contributed by atoms with van der Waals surface area (Å²) < 4.78 is 13.2. The Hall–Kier alpha value is -4.22. The third-order valence-corrected chi connectivity index (χ3v) is 8.27. The molecule has 5 rings (SSSR count). The molecule has 1 unspecified atom stereocenters. The Bertz CT molecular complexity index is 1850. The minimum absolute atomic E-state index is 0.0369. The summed E-state index contributed by atoms with van der Waals surface area (Å²) in [5.74, 6) is 0.348. The molecule has 4 aromatic rings. The van der Waals surface area contributed by atoms with E-state index in [4.69, 9.17) is 9.15 Å². The largest absolute Gasteiger partial charge is 0.463 e. The zero-order chi connectivity index (χ0) is 28.6. The molecule has 1 aliphatic heterocycles. The fraction of sp³-hybridized carbons (Fsp3) is 0.207. The first-order valence-electron chi connectivity index (χ1n) is 12.4. The third kappa shape index (κ3) is 5.05. The van der Waals surface area contributed by atoms with E-state index >= 15 is 0 Å². The van der Waals surface area contributed by atoms with Crippen molar-refractivity contribution in [3.05, 3.63) is 113 Å². The standard InChI is InChI=1S/C29H25N3O6S2/c1-5-37-28(34)25-17(3)30-29-31(26(25)18-7-11-21(39-4)12-8-18)27(33)24(40-29)15-20-10-13-23(38-20)22-14-19(32(35)36)9-6-16(22)2/h6-15,26H,5H2,1-4H3. The van der Waals surface area contributed by atoms with Gasteiger partial charge >= 0.3 is 5.97 Å². The van der Waals surface area contributed by atoms with Crippen LogP contribution in [0.25, 0.3) is 17.4 Å². The zero-order valence-electron chi connectivity index (χ0n) is 22.2. The first-order valence-corrected chi connectivity index (χ1v) is 14.4. The van der Waals surface area contributed by atoms with Gasteiger partial charge in [0, 0.05) is 28.7 Å². The topological polar surface area (TPSA) is 117 Å². The fourth-order valence-electron chi connectivity index (χ4n) is 4.59. The van der Waals surface area contributed by atoms with E-state index in [2.05, 4.69) is 4.99 Å². The second-order valence-corrected chi connectivity index (χ2v) is 10.9. The van der Waals surface area contributed by atoms with E-state index in [9.17, 15) is 19.7 Å². The predicted octanol–water partition coefficient (Wildman–Crippen LogP) is 5.00. The number of non-ortho nitro benzene ring substituents is 1. The number of furan rings is 1. The average molecular weight is 576 g/mol. The number of hydrogen-bond acceptors (Lipinski definition) is 9. The number of allylic oxidation sites excluding steroid dienone is 1. The number of benzene rings is 2. The molecule has 2 aromatic heterocycles. The second-order valence-electron chi connectivity index (χ2n) is 9.03. The molecule has 1 aliphatic rings. The van der Waals surface area contributed by atoms with Crippen LogP contribution in [0.2, 0.25) is 0 Å². The van der Waals surface area contributed by atoms with E-state index in [0.717, 1.165) is 16.0 Å². The molecular formula is C29H25N3O6S2. The van der Waals surface area contributed by atoms with Crippen molar-refractivity contribution in [2.24, 2.45) is 4.99 Å². The maximum absolute atomic E-state index is 13.8. The molecule has 9 nitrogen and oxygen atoms in total. The van der Waals surface area contributed by atoms with Gasteiger partial charge in [0.1, 0.15) is 11.5 Å². The number of carbonyl (C=O) groups excluding carboxylic acids is 1. The molecule has 0 bridgehead atoms. The van der Waals surface area contributed by atoms with Crippen molar-refractivity contribution >= 4 is 40.8 Å². The highest BCUT2D eigenvalue weighted by Gasteiger charge is 2.33. The second kappa shape index (κ2) is 11.1. The van der Waals surface area contributed by atoms with Crippen LogP contribution >= 0.6 is 23.1 Å². The van der Waals surface area contributed by atoms with Gasteiger partial charge in [-0.3, -0.25) is 19.5 Å². The summed E-state index contributed by atoms with van der Waals surface area (Å²) in [6.07, 6.45) is 3.60. The average Bonchev–Trinajstić information content (AvgIpc) is 3.52. The lowest BCUT2D eigenvalue weighted by Gasteiger charge is -2.24. The Kier molecular flexibility index (Phi) is 7.59. The molecule has 204 valence electrons. The number of thiazole rings is 1. The zero-order valence-corrected chi connectivity index (χ0v) is 23.8. The molecular weight excluding hydrogens is 550 g/mol. The van der Waals surface area contributed by atoms with Gasteiger partial charge in [-0.2, -0.15) is 0 Å². The number of nitro benzene ring substituents is 1. The first-order chi connectivity index (χ1) is 19.2. The Morgan fingerprint density at radius 2 is 1.95 bits per heavy atom. The molecule has 40 heavy (non-hydrogen) atoms. The van der Waals surface area contributed by atoms with Crippen LogP contribution in [0.15, 0.2) is 85.0 Å². The van der Waals surface area contributed by atoms with Gasteiger partial charge in [0.15, 0.2) is 4.80 Å². The number of rotatable bonds is 7. The van der Waals surface area contributed by atoms with Gasteiger partial charge in [-0.05, 0) is 62.4 Å². The Labute approximate surface area is 237 Å². The quantitative estimate of drug-likeness (QED) is 0.132. The van der Waals surface area contributed by atoms with Crippen LogP contribution in [-0.4, -0.2) is 28.3 Å². The van der Waals surface area contributed by atoms with Crippen LogP contribution in [0.4, 0.5) is 5.69 Å². The molecule has 2 aromatic carbocycles. The van der Waals surface area contributed by atoms with Crippen molar-refractivity contribution in [3.8, 4) is 11.3 Å². The Morgan fingerprint density at radius 3 is 2.62 bits per heavy atom. The number of carbonyl (C=O) groups is 1. The van der Waals surface area contributed by atoms with Gasteiger partial charge in [-0.1, -0.05) is 29.5 Å². The number of thioether (sulfide) groups is 1. The molecule has 0 fully saturated rings. The summed E-state index contributed by atoms with van der Waals surface area (Å²) in [4.78, 5) is 43.8. The minimum Gasteiger partial charge on any atom is -0.463 e. The molecule has 0 radical (unpaired) electrons. The fourth-order valence-corrected chi connectivity index (χ4v) is 6.02. The highest BCUT2D eigenvalue weighted by atomic mass is 32.2. The van der Waals surface area contributed by atoms with Crippen molar-refractivity contribution in [2.45, 2.75) is 31.7 Å². The normalized spacial score (nSPS) is 15.1. The van der Waals surface area contributed by atoms with Gasteiger partial charge in [-0.15, -0.1) is 11.8 Å². The summed E-state index contributed by atoms with van der Waals surface area (Å²) in [6, 6.07) is 15.0. The summed E-state index contributed by atoms with van der Waals surface area (Å²) in [5.41, 5.74) is 2.64. The number of nitrogens with zero attached hydrogens (tertiary/aromatic N) is 3. The van der Waals surface area contributed by atoms with E-state index < -0.39 is 16.9 Å². The predicted molar refractivity (Wildman–Crippen MR) is 154 cm³/mol. The highest BCUT2D eigenvalue weighted by molar-refractivity contribution is 7.98. The van der Waals surface area contributed by atoms with E-state index in [1.54, 1.807) is 49.9 Å². The molecule has 0 amide bonds. The molecule has 0 aliphatic carbocycles. The van der Waals surface area contributed by atoms with Crippen LogP contribution in [0.1, 0.15) is 36.8 Å². The number of nitro groups is 1. The van der Waals surface area contributed by atoms with Crippen molar-refractivity contribution in [3.63, 3.8) is 0 Å². The lowest BCUT2D eigenvalue weighted by Crippen LogP contribution is -2.39. The van der Waals surface area contributed by atoms with Crippen LogP contribution in [0, 0.1) is 17.0 Å². The van der Waals surface area contributed by atoms with Crippen LogP contribution < -0.4 is 14.9 Å². The van der Waals surface area contributed by atoms with E-state index in [1.165, 1.54) is 28.0 Å². The molecule has 0 spiro atoms. The molecule has 0 saturated carbocycles. The molecule has 0 saturated heterocycles. The highest BCUT2D eigenvalue weighted by Crippen LogP contribution is 2.32. The maximum Gasteiger partial charge on any atom is 0.338 e. The maximum atomic E-state index is 13.8. The smallest absolute Gasteiger partial charge is 0.338 e. The number of aromatic nitrogens is 1. The Balaban J connectivity index is 1.62. The molecule has 3 heterocycles. The lowest BCUT2D eigenvalue weighted by molar-refractivity contribution is -0.384. The summed E-state index contributed by atoms with van der Waals surface area (Å²) in [6.45, 7) is 5.52. The van der Waals surface area contributed by atoms with Gasteiger partial charge in [-0.25, -0.2) is 9.79 Å². The van der Waals surface area contributed by atoms with Gasteiger partial charge in [0.25, 0.3) is 11.2 Å². The number of esters is 1. The van der Waals surface area contributed by atoms with Gasteiger partial charge < -0.3 is 9.15 Å². The van der Waals surface area contributed by atoms with Crippen LogP contribution in [0.3, 0.4) is 0 Å². The summed E-state index contributed by atoms with van der Waals surface area (Å²) in [5, 5.41) is 11.3. The molecule has 11 heteroatoms. The van der Waals surface area contributed by atoms with Gasteiger partial charge in [0.05, 0.1) is 33.4 Å². The summed E-state index contributed by atoms with van der Waals surface area (Å²) in [7, 11) is 0. The monoisotopic (exact) mass is 575 g/mol. The van der Waals surface area contributed by atoms with Crippen molar-refractivity contribution in [2.75, 3.05) is 12.9 Å². The van der Waals surface area contributed by atoms with Crippen LogP contribution in [-0.2, 0) is 9.53 Å². The molecule has 1 atom stereocenters. The van der Waals surface area contributed by atoms with Crippen molar-refractivity contribution in [1.29, 1.82) is 0 Å². The van der Waals surface area contributed by atoms with E-state index in [1.807, 2.05) is 37.4 Å². The van der Waals surface area contributed by atoms with E-state index in [-0.39, 0.29) is 17.9 Å². The Morgan fingerprint density at radius 1 is 1.20 bits per heavy atom. The third-order valence-electron chi connectivity index (χ3n) is 6.55. The van der Waals surface area contributed by atoms with E-state index in [0.29, 0.717) is 37.7 Å². The van der Waals surface area contributed by atoms with Crippen molar-refractivity contribution < 1.29 is 18.9 Å². The SMILES string of the molecule is CCOC(=O)C1=C(C)N=c2sc(=Cc3ccc(-c4cc([N+](=O)[O-])ccc4C)o3)c(=O)n2C1c1ccc(SC)cc1. The van der Waals surface area contributed by atoms with Crippen LogP contribution in [0.5, 0.6) is 0 Å². The van der Waals surface area contributed by atoms with Gasteiger partial charge in [0.2, 0.25) is 0 Å². The molecule has 0 N–H and O–H groups in total. The lowest BCUT2D eigenvalue weighted by atomic mass is 9.96. The summed E-state index contributed by atoms with van der Waals surface area (Å²) >= 11 is 2.80. The number of fused-ring (bicyclic) bond motifs is 1. The number of ether oxygens (including phenoxy) is 1. The number of aryl methyl sites for hydroxylation is 1. The van der Waals surface area contributed by atoms with Crippen molar-refractivity contribution in [1.82, 2.24) is 4.57 Å². The minimum atomic E-state index is -0.701.